The second kappa shape index (κ2) is 19.9. The van der Waals surface area contributed by atoms with Gasteiger partial charge in [0.05, 0.1) is 12.2 Å². The summed E-state index contributed by atoms with van der Waals surface area (Å²) in [6, 6.07) is 15.1. The Kier molecular flexibility index (Phi) is 16.1. The zero-order valence-corrected chi connectivity index (χ0v) is 29.7. The van der Waals surface area contributed by atoms with Crippen LogP contribution in [0.15, 0.2) is 53.4 Å². The van der Waals surface area contributed by atoms with E-state index in [0.717, 1.165) is 56.9 Å². The molecule has 4 aliphatic rings. The Bertz CT molecular complexity index is 1150. The van der Waals surface area contributed by atoms with E-state index in [1.54, 1.807) is 24.1 Å². The quantitative estimate of drug-likeness (QED) is 0.279. The molecule has 0 aromatic heterocycles. The summed E-state index contributed by atoms with van der Waals surface area (Å²) in [5, 5.41) is 0. The van der Waals surface area contributed by atoms with Crippen LogP contribution in [0.4, 0.5) is 13.2 Å². The van der Waals surface area contributed by atoms with E-state index in [1.807, 2.05) is 6.79 Å². The molecule has 2 aromatic carbocycles. The molecule has 4 fully saturated rings. The van der Waals surface area contributed by atoms with Crippen LogP contribution in [-0.2, 0) is 11.0 Å². The number of piperazine rings is 1. The van der Waals surface area contributed by atoms with Crippen LogP contribution in [-0.4, -0.2) is 79.9 Å². The fourth-order valence-corrected chi connectivity index (χ4v) is 8.42. The third-order valence-corrected chi connectivity index (χ3v) is 11.5. The molecular weight excluding hydrogens is 634 g/mol. The molecule has 2 heterocycles. The van der Waals surface area contributed by atoms with Crippen molar-refractivity contribution in [1.29, 1.82) is 0 Å². The number of nitrogens with zero attached hydrogens (tertiary/aromatic N) is 3. The van der Waals surface area contributed by atoms with E-state index in [9.17, 15) is 13.2 Å². The average molecular weight is 691 g/mol. The van der Waals surface area contributed by atoms with E-state index in [0.29, 0.717) is 17.9 Å². The van der Waals surface area contributed by atoms with Gasteiger partial charge in [0.1, 0.15) is 12.5 Å². The van der Waals surface area contributed by atoms with Gasteiger partial charge in [0, 0.05) is 43.2 Å². The molecule has 6 nitrogen and oxygen atoms in total. The predicted molar refractivity (Wildman–Crippen MR) is 190 cm³/mol. The van der Waals surface area contributed by atoms with Gasteiger partial charge in [-0.2, -0.15) is 13.2 Å². The molecule has 2 saturated heterocycles. The number of rotatable bonds is 8. The molecular formula is C38H57F3N4O2S. The van der Waals surface area contributed by atoms with Gasteiger partial charge < -0.3 is 20.2 Å². The number of hydrogen-bond donors (Lipinski definition) is 1. The molecule has 2 saturated carbocycles. The van der Waals surface area contributed by atoms with E-state index in [2.05, 4.69) is 45.4 Å². The maximum Gasteiger partial charge on any atom is 0.416 e. The summed E-state index contributed by atoms with van der Waals surface area (Å²) < 4.78 is 48.0. The Labute approximate surface area is 291 Å². The minimum atomic E-state index is -4.29. The Morgan fingerprint density at radius 2 is 1.35 bits per heavy atom. The number of piperidine rings is 1. The first-order valence-electron chi connectivity index (χ1n) is 18.0. The van der Waals surface area contributed by atoms with E-state index < -0.39 is 11.7 Å². The summed E-state index contributed by atoms with van der Waals surface area (Å²) >= 11 is 1.80. The van der Waals surface area contributed by atoms with Crippen LogP contribution in [0, 0.1) is 11.8 Å². The number of nitrogens with two attached hydrogens (primary N) is 1. The summed E-state index contributed by atoms with van der Waals surface area (Å²) in [6.45, 7) is 8.93. The van der Waals surface area contributed by atoms with Crippen LogP contribution in [0.2, 0.25) is 0 Å². The van der Waals surface area contributed by atoms with Gasteiger partial charge in [0.2, 0.25) is 0 Å². The molecule has 2 aromatic rings. The zero-order chi connectivity index (χ0) is 34.4. The van der Waals surface area contributed by atoms with Crippen molar-refractivity contribution >= 4 is 18.7 Å². The molecule has 10 heteroatoms. The number of benzene rings is 2. The first-order chi connectivity index (χ1) is 23.2. The molecule has 48 heavy (non-hydrogen) atoms. The Hall–Kier alpha value is -2.11. The van der Waals surface area contributed by atoms with Crippen molar-refractivity contribution < 1.29 is 22.7 Å². The van der Waals surface area contributed by atoms with Crippen LogP contribution >= 0.6 is 11.9 Å². The van der Waals surface area contributed by atoms with Crippen LogP contribution in [0.1, 0.15) is 94.2 Å². The first-order valence-corrected chi connectivity index (χ1v) is 18.8. The highest BCUT2D eigenvalue weighted by atomic mass is 32.2. The highest BCUT2D eigenvalue weighted by Gasteiger charge is 2.34. The van der Waals surface area contributed by atoms with Gasteiger partial charge in [-0.15, -0.1) is 0 Å². The van der Waals surface area contributed by atoms with Crippen molar-refractivity contribution in [3.05, 3.63) is 59.7 Å². The predicted octanol–water partition coefficient (Wildman–Crippen LogP) is 8.47. The monoisotopic (exact) mass is 690 g/mol. The molecule has 1 atom stereocenters. The number of hydrogen-bond acceptors (Lipinski definition) is 7. The molecule has 0 spiro atoms. The smallest absolute Gasteiger partial charge is 0.416 e. The van der Waals surface area contributed by atoms with E-state index in [1.165, 1.54) is 94.3 Å². The topological polar surface area (TPSA) is 62.0 Å². The van der Waals surface area contributed by atoms with Crippen LogP contribution < -0.4 is 10.5 Å². The highest BCUT2D eigenvalue weighted by Crippen LogP contribution is 2.40. The summed E-state index contributed by atoms with van der Waals surface area (Å²) in [4.78, 5) is 14.1. The fraction of sp³-hybridized carbons (Fsp3) is 0.658. The average Bonchev–Trinajstić information content (AvgIpc) is 3.12. The third kappa shape index (κ3) is 12.3. The Morgan fingerprint density at radius 3 is 1.90 bits per heavy atom. The first kappa shape index (κ1) is 38.7. The normalized spacial score (nSPS) is 21.8. The van der Waals surface area contributed by atoms with Gasteiger partial charge in [0.15, 0.2) is 0 Å². The van der Waals surface area contributed by atoms with Crippen molar-refractivity contribution in [2.24, 2.45) is 17.6 Å². The molecule has 2 aliphatic heterocycles. The van der Waals surface area contributed by atoms with Crippen LogP contribution in [0.25, 0.3) is 0 Å². The number of carbonyl (C=O) groups is 1. The molecule has 268 valence electrons. The number of likely N-dealkylation sites (tertiary alicyclic amines) is 1. The van der Waals surface area contributed by atoms with E-state index in [4.69, 9.17) is 15.3 Å². The number of halogens is 3. The maximum absolute atomic E-state index is 13.2. The summed E-state index contributed by atoms with van der Waals surface area (Å²) in [5.74, 6) is 2.17. The lowest BCUT2D eigenvalue weighted by atomic mass is 9.80. The minimum absolute atomic E-state index is 0.199. The fourth-order valence-electron chi connectivity index (χ4n) is 7.52. The van der Waals surface area contributed by atoms with Crippen molar-refractivity contribution in [3.8, 4) is 5.75 Å². The van der Waals surface area contributed by atoms with E-state index in [-0.39, 0.29) is 6.04 Å². The van der Waals surface area contributed by atoms with Gasteiger partial charge in [-0.05, 0) is 124 Å². The largest absolute Gasteiger partial charge is 0.493 e. The number of carbonyl (C=O) groups excluding carboxylic acids is 1. The molecule has 0 amide bonds. The lowest BCUT2D eigenvalue weighted by molar-refractivity contribution is -0.137. The Morgan fingerprint density at radius 1 is 0.792 bits per heavy atom. The molecule has 2 aliphatic carbocycles. The van der Waals surface area contributed by atoms with Crippen molar-refractivity contribution in [3.63, 3.8) is 0 Å². The van der Waals surface area contributed by atoms with E-state index >= 15 is 0 Å². The molecule has 6 rings (SSSR count). The minimum Gasteiger partial charge on any atom is -0.493 e. The van der Waals surface area contributed by atoms with Gasteiger partial charge >= 0.3 is 6.18 Å². The lowest BCUT2D eigenvalue weighted by Gasteiger charge is -2.43. The lowest BCUT2D eigenvalue weighted by Crippen LogP contribution is -2.47. The molecule has 0 radical (unpaired) electrons. The van der Waals surface area contributed by atoms with Crippen LogP contribution in [0.5, 0.6) is 5.75 Å². The zero-order valence-electron chi connectivity index (χ0n) is 28.8. The van der Waals surface area contributed by atoms with Crippen molar-refractivity contribution in [2.45, 2.75) is 100 Å². The van der Waals surface area contributed by atoms with Gasteiger partial charge in [-0.25, -0.2) is 4.31 Å². The molecule has 1 unspecified atom stereocenters. The third-order valence-electron chi connectivity index (χ3n) is 10.4. The summed E-state index contributed by atoms with van der Waals surface area (Å²) in [5.41, 5.74) is 6.15. The summed E-state index contributed by atoms with van der Waals surface area (Å²) in [7, 11) is 2.14. The highest BCUT2D eigenvalue weighted by molar-refractivity contribution is 7.97. The second-order valence-electron chi connectivity index (χ2n) is 13.9. The maximum atomic E-state index is 13.2. The summed E-state index contributed by atoms with van der Waals surface area (Å²) in [6.07, 6.45) is 10.7. The van der Waals surface area contributed by atoms with Crippen molar-refractivity contribution in [2.75, 3.05) is 52.9 Å². The molecule has 2 N–H and O–H groups in total. The SMILES string of the molecule is C=O.CN1CCC(N)CC1.FC(F)(F)c1ccc(C(C2CCCCC2)N2CCN(Sc3ccc(OCC4CCCCC4)cc3)CC2)cc1. The van der Waals surface area contributed by atoms with Gasteiger partial charge in [-0.3, -0.25) is 4.90 Å². The molecule has 0 bridgehead atoms. The van der Waals surface area contributed by atoms with Crippen molar-refractivity contribution in [1.82, 2.24) is 14.1 Å². The van der Waals surface area contributed by atoms with Gasteiger partial charge in [-0.1, -0.05) is 50.7 Å². The second-order valence-corrected chi connectivity index (χ2v) is 15.1. The number of ether oxygens (including phenoxy) is 1. The van der Waals surface area contributed by atoms with Gasteiger partial charge in [0.25, 0.3) is 0 Å². The Balaban J connectivity index is 0.000000451. The van der Waals surface area contributed by atoms with Crippen LogP contribution in [0.3, 0.4) is 0 Å². The standard InChI is InChI=1S/C31H41F3N2OS.C6H14N2.CH2O/c32-31(33,34)27-13-11-26(12-14-27)30(25-9-5-2-6-10-25)35-19-21-36(22-20-35)38-29-17-15-28(16-18-29)37-23-24-7-3-1-4-8-24;1-8-4-2-6(7)3-5-8;1-2/h11-18,24-25,30H,1-10,19-23H2;6H,2-5,7H2,1H3;1H2. The number of alkyl halides is 3.